The molecule has 0 atom stereocenters. The lowest BCUT2D eigenvalue weighted by molar-refractivity contribution is 0.241. The SMILES string of the molecule is COc1ccc(NC(C)C)c(CN(Cc2ccccn2)Cc2ccccn2)c1. The molecule has 3 aromatic rings. The Balaban J connectivity index is 1.87. The molecule has 0 radical (unpaired) electrons. The Kier molecular flexibility index (Phi) is 6.98. The molecular weight excluding hydrogens is 348 g/mol. The number of methoxy groups -OCH3 is 1. The Morgan fingerprint density at radius 1 is 0.893 bits per heavy atom. The van der Waals surface area contributed by atoms with Gasteiger partial charge in [-0.1, -0.05) is 12.1 Å². The van der Waals surface area contributed by atoms with E-state index in [9.17, 15) is 0 Å². The fourth-order valence-corrected chi connectivity index (χ4v) is 3.13. The van der Waals surface area contributed by atoms with Crippen molar-refractivity contribution in [1.82, 2.24) is 14.9 Å². The molecule has 0 unspecified atom stereocenters. The number of anilines is 1. The zero-order valence-electron chi connectivity index (χ0n) is 16.8. The number of nitrogens with zero attached hydrogens (tertiary/aromatic N) is 3. The largest absolute Gasteiger partial charge is 0.497 e. The van der Waals surface area contributed by atoms with Gasteiger partial charge in [-0.3, -0.25) is 14.9 Å². The maximum Gasteiger partial charge on any atom is 0.119 e. The number of nitrogens with one attached hydrogen (secondary N) is 1. The van der Waals surface area contributed by atoms with Crippen molar-refractivity contribution in [3.8, 4) is 5.75 Å². The van der Waals surface area contributed by atoms with E-state index in [1.54, 1.807) is 7.11 Å². The van der Waals surface area contributed by atoms with E-state index < -0.39 is 0 Å². The van der Waals surface area contributed by atoms with E-state index in [0.717, 1.165) is 42.5 Å². The molecule has 1 aromatic carbocycles. The number of benzene rings is 1. The van der Waals surface area contributed by atoms with Crippen molar-refractivity contribution in [3.63, 3.8) is 0 Å². The summed E-state index contributed by atoms with van der Waals surface area (Å²) in [4.78, 5) is 11.4. The summed E-state index contributed by atoms with van der Waals surface area (Å²) in [5.74, 6) is 0.861. The van der Waals surface area contributed by atoms with Gasteiger partial charge >= 0.3 is 0 Å². The predicted molar refractivity (Wildman–Crippen MR) is 113 cm³/mol. The molecule has 5 nitrogen and oxygen atoms in total. The molecule has 28 heavy (non-hydrogen) atoms. The first-order valence-electron chi connectivity index (χ1n) is 9.59. The fraction of sp³-hybridized carbons (Fsp3) is 0.304. The maximum absolute atomic E-state index is 5.46. The van der Waals surface area contributed by atoms with Crippen molar-refractivity contribution in [1.29, 1.82) is 0 Å². The van der Waals surface area contributed by atoms with Crippen molar-refractivity contribution in [3.05, 3.63) is 83.9 Å². The minimum absolute atomic E-state index is 0.354. The number of hydrogen-bond acceptors (Lipinski definition) is 5. The zero-order chi connectivity index (χ0) is 19.8. The monoisotopic (exact) mass is 376 g/mol. The standard InChI is InChI=1S/C23H28N4O/c1-18(2)26-23-11-10-22(28-3)14-19(23)15-27(16-20-8-4-6-12-24-20)17-21-9-5-7-13-25-21/h4-14,18,26H,15-17H2,1-3H3. The quantitative estimate of drug-likeness (QED) is 0.595. The van der Waals surface area contributed by atoms with Crippen LogP contribution in [0, 0.1) is 0 Å². The van der Waals surface area contributed by atoms with Crippen LogP contribution in [0.1, 0.15) is 30.8 Å². The molecule has 146 valence electrons. The van der Waals surface area contributed by atoms with Gasteiger partial charge in [-0.05, 0) is 61.9 Å². The third kappa shape index (κ3) is 5.79. The van der Waals surface area contributed by atoms with Crippen LogP contribution in [0.4, 0.5) is 5.69 Å². The van der Waals surface area contributed by atoms with Crippen LogP contribution in [0.5, 0.6) is 5.75 Å². The van der Waals surface area contributed by atoms with E-state index >= 15 is 0 Å². The highest BCUT2D eigenvalue weighted by Crippen LogP contribution is 2.25. The summed E-state index contributed by atoms with van der Waals surface area (Å²) in [5, 5.41) is 3.54. The van der Waals surface area contributed by atoms with Gasteiger partial charge in [0.25, 0.3) is 0 Å². The Morgan fingerprint density at radius 3 is 2.04 bits per heavy atom. The highest BCUT2D eigenvalue weighted by atomic mass is 16.5. The second kappa shape index (κ2) is 9.85. The lowest BCUT2D eigenvalue weighted by Gasteiger charge is -2.24. The first-order chi connectivity index (χ1) is 13.6. The van der Waals surface area contributed by atoms with Gasteiger partial charge < -0.3 is 10.1 Å². The molecule has 3 rings (SSSR count). The second-order valence-electron chi connectivity index (χ2n) is 7.11. The van der Waals surface area contributed by atoms with Crippen LogP contribution in [0.2, 0.25) is 0 Å². The summed E-state index contributed by atoms with van der Waals surface area (Å²) < 4.78 is 5.46. The van der Waals surface area contributed by atoms with Crippen LogP contribution in [-0.4, -0.2) is 28.0 Å². The molecule has 0 aliphatic carbocycles. The zero-order valence-corrected chi connectivity index (χ0v) is 16.8. The summed E-state index contributed by atoms with van der Waals surface area (Å²) in [7, 11) is 1.70. The fourth-order valence-electron chi connectivity index (χ4n) is 3.13. The van der Waals surface area contributed by atoms with Gasteiger partial charge in [0.1, 0.15) is 5.75 Å². The lowest BCUT2D eigenvalue weighted by Crippen LogP contribution is -2.24. The minimum Gasteiger partial charge on any atom is -0.497 e. The van der Waals surface area contributed by atoms with E-state index in [1.807, 2.05) is 42.7 Å². The van der Waals surface area contributed by atoms with Crippen LogP contribution >= 0.6 is 0 Å². The van der Waals surface area contributed by atoms with E-state index in [2.05, 4.69) is 58.3 Å². The molecule has 2 aromatic heterocycles. The number of pyridine rings is 2. The summed E-state index contributed by atoms with van der Waals surface area (Å²) >= 11 is 0. The first-order valence-corrected chi connectivity index (χ1v) is 9.59. The van der Waals surface area contributed by atoms with Gasteiger partial charge in [-0.25, -0.2) is 0 Å². The molecule has 2 heterocycles. The average Bonchev–Trinajstić information content (AvgIpc) is 2.70. The normalized spacial score (nSPS) is 11.0. The summed E-state index contributed by atoms with van der Waals surface area (Å²) in [6.45, 7) is 6.55. The third-order valence-electron chi connectivity index (χ3n) is 4.37. The van der Waals surface area contributed by atoms with Crippen LogP contribution < -0.4 is 10.1 Å². The van der Waals surface area contributed by atoms with Gasteiger partial charge in [0, 0.05) is 43.8 Å². The molecule has 0 aliphatic rings. The Morgan fingerprint density at radius 2 is 1.54 bits per heavy atom. The number of ether oxygens (including phenoxy) is 1. The van der Waals surface area contributed by atoms with Crippen molar-refractivity contribution in [2.45, 2.75) is 39.5 Å². The van der Waals surface area contributed by atoms with Crippen LogP contribution in [0.15, 0.2) is 67.0 Å². The van der Waals surface area contributed by atoms with Gasteiger partial charge in [0.2, 0.25) is 0 Å². The van der Waals surface area contributed by atoms with Crippen LogP contribution in [0.3, 0.4) is 0 Å². The number of aromatic nitrogens is 2. The molecule has 0 bridgehead atoms. The van der Waals surface area contributed by atoms with Gasteiger partial charge in [0.05, 0.1) is 18.5 Å². The molecule has 0 saturated heterocycles. The summed E-state index contributed by atoms with van der Waals surface area (Å²) in [5.41, 5.74) is 4.40. The Hall–Kier alpha value is -2.92. The number of rotatable bonds is 9. The number of hydrogen-bond donors (Lipinski definition) is 1. The molecule has 0 spiro atoms. The van der Waals surface area contributed by atoms with E-state index in [-0.39, 0.29) is 0 Å². The maximum atomic E-state index is 5.46. The highest BCUT2D eigenvalue weighted by molar-refractivity contribution is 5.54. The predicted octanol–water partition coefficient (Wildman–Crippen LogP) is 4.51. The van der Waals surface area contributed by atoms with Gasteiger partial charge in [0.15, 0.2) is 0 Å². The molecule has 5 heteroatoms. The van der Waals surface area contributed by atoms with Crippen molar-refractivity contribution >= 4 is 5.69 Å². The first kappa shape index (κ1) is 19.8. The lowest BCUT2D eigenvalue weighted by atomic mass is 10.1. The molecule has 0 saturated carbocycles. The van der Waals surface area contributed by atoms with Crippen LogP contribution in [0.25, 0.3) is 0 Å². The topological polar surface area (TPSA) is 50.3 Å². The Bertz CT molecular complexity index is 811. The third-order valence-corrected chi connectivity index (χ3v) is 4.37. The molecule has 0 amide bonds. The summed E-state index contributed by atoms with van der Waals surface area (Å²) in [6, 6.07) is 18.6. The average molecular weight is 377 g/mol. The van der Waals surface area contributed by atoms with E-state index in [0.29, 0.717) is 6.04 Å². The Labute approximate surface area is 167 Å². The smallest absolute Gasteiger partial charge is 0.119 e. The second-order valence-corrected chi connectivity index (χ2v) is 7.11. The molecular formula is C23H28N4O. The highest BCUT2D eigenvalue weighted by Gasteiger charge is 2.14. The summed E-state index contributed by atoms with van der Waals surface area (Å²) in [6.07, 6.45) is 3.68. The molecule has 0 fully saturated rings. The van der Waals surface area contributed by atoms with Gasteiger partial charge in [-0.2, -0.15) is 0 Å². The molecule has 1 N–H and O–H groups in total. The van der Waals surface area contributed by atoms with Crippen molar-refractivity contribution in [2.75, 3.05) is 12.4 Å². The van der Waals surface area contributed by atoms with Gasteiger partial charge in [-0.15, -0.1) is 0 Å². The van der Waals surface area contributed by atoms with Crippen LogP contribution in [-0.2, 0) is 19.6 Å². The van der Waals surface area contributed by atoms with E-state index in [4.69, 9.17) is 4.74 Å². The van der Waals surface area contributed by atoms with Crippen molar-refractivity contribution in [2.24, 2.45) is 0 Å². The van der Waals surface area contributed by atoms with E-state index in [1.165, 1.54) is 5.56 Å². The minimum atomic E-state index is 0.354. The molecule has 0 aliphatic heterocycles. The van der Waals surface area contributed by atoms with Crippen molar-refractivity contribution < 1.29 is 4.74 Å².